The van der Waals surface area contributed by atoms with Gasteiger partial charge in [-0.2, -0.15) is 0 Å². The van der Waals surface area contributed by atoms with Crippen LogP contribution in [0.3, 0.4) is 0 Å². The van der Waals surface area contributed by atoms with E-state index in [0.717, 1.165) is 45.4 Å². The number of aliphatic hydroxyl groups is 1. The number of carbonyl (C=O) groups excluding carboxylic acids is 1. The maximum atomic E-state index is 13.7. The van der Waals surface area contributed by atoms with Gasteiger partial charge in [-0.3, -0.25) is 0 Å². The number of fused-ring (bicyclic) bond motifs is 3. The molecule has 0 heterocycles. The SMILES string of the molecule is CCOC(=O)c1cc(C2(c3ccc(COCCOCCOCCO)c(CC)c3)c3cc(C)ccc3-c3ccc(C)cc32)ccc1OCCOCCOCCOC. The van der Waals surface area contributed by atoms with E-state index >= 15 is 0 Å². The van der Waals surface area contributed by atoms with E-state index in [9.17, 15) is 4.79 Å². The summed E-state index contributed by atoms with van der Waals surface area (Å²) in [5, 5.41) is 8.86. The van der Waals surface area contributed by atoms with Crippen LogP contribution < -0.4 is 4.74 Å². The van der Waals surface area contributed by atoms with Crippen LogP contribution in [-0.2, 0) is 51.6 Å². The van der Waals surface area contributed by atoms with Gasteiger partial charge in [0.2, 0.25) is 0 Å². The lowest BCUT2D eigenvalue weighted by Gasteiger charge is -2.35. The van der Waals surface area contributed by atoms with Gasteiger partial charge in [-0.25, -0.2) is 4.79 Å². The van der Waals surface area contributed by atoms with Crippen molar-refractivity contribution in [3.63, 3.8) is 0 Å². The van der Waals surface area contributed by atoms with Crippen LogP contribution in [0, 0.1) is 13.8 Å². The Balaban J connectivity index is 1.50. The van der Waals surface area contributed by atoms with Crippen LogP contribution in [-0.4, -0.2) is 104 Å². The van der Waals surface area contributed by atoms with E-state index in [1.165, 1.54) is 16.7 Å². The summed E-state index contributed by atoms with van der Waals surface area (Å²) in [6.45, 7) is 13.6. The van der Waals surface area contributed by atoms with Crippen molar-refractivity contribution in [3.8, 4) is 16.9 Å². The second-order valence-corrected chi connectivity index (χ2v) is 13.7. The lowest BCUT2D eigenvalue weighted by atomic mass is 9.66. The fourth-order valence-corrected chi connectivity index (χ4v) is 7.29. The monoisotopic (exact) mass is 770 g/mol. The highest BCUT2D eigenvalue weighted by molar-refractivity contribution is 5.94. The maximum absolute atomic E-state index is 13.7. The summed E-state index contributed by atoms with van der Waals surface area (Å²) in [5.41, 5.74) is 10.9. The van der Waals surface area contributed by atoms with E-state index in [1.807, 2.05) is 19.1 Å². The summed E-state index contributed by atoms with van der Waals surface area (Å²) >= 11 is 0. The Morgan fingerprint density at radius 2 is 1.16 bits per heavy atom. The molecule has 1 aliphatic rings. The number of rotatable bonds is 25. The van der Waals surface area contributed by atoms with Gasteiger partial charge >= 0.3 is 5.97 Å². The highest BCUT2D eigenvalue weighted by atomic mass is 16.6. The molecule has 0 aromatic heterocycles. The molecule has 4 aromatic carbocycles. The molecule has 0 saturated heterocycles. The molecule has 0 atom stereocenters. The van der Waals surface area contributed by atoms with Gasteiger partial charge in [0.1, 0.15) is 17.9 Å². The number of ether oxygens (including phenoxy) is 8. The molecule has 0 saturated carbocycles. The number of hydrogen-bond acceptors (Lipinski definition) is 10. The lowest BCUT2D eigenvalue weighted by molar-refractivity contribution is 0.00442. The first-order valence-corrected chi connectivity index (χ1v) is 19.7. The average Bonchev–Trinajstić information content (AvgIpc) is 3.48. The van der Waals surface area contributed by atoms with Crippen LogP contribution in [0.1, 0.15) is 68.7 Å². The first-order chi connectivity index (χ1) is 27.4. The minimum absolute atomic E-state index is 0.00120. The summed E-state index contributed by atoms with van der Waals surface area (Å²) in [4.78, 5) is 13.7. The Hall–Kier alpha value is -4.13. The third-order valence-corrected chi connectivity index (χ3v) is 9.90. The van der Waals surface area contributed by atoms with Gasteiger partial charge in [0.25, 0.3) is 0 Å². The van der Waals surface area contributed by atoms with Crippen LogP contribution in [0.15, 0.2) is 72.8 Å². The van der Waals surface area contributed by atoms with Crippen molar-refractivity contribution in [2.24, 2.45) is 0 Å². The molecule has 0 unspecified atom stereocenters. The third kappa shape index (κ3) is 10.4. The molecule has 4 aromatic rings. The van der Waals surface area contributed by atoms with E-state index in [0.29, 0.717) is 84.0 Å². The highest BCUT2D eigenvalue weighted by Gasteiger charge is 2.47. The quantitative estimate of drug-likeness (QED) is 0.0492. The number of esters is 1. The van der Waals surface area contributed by atoms with Crippen molar-refractivity contribution < 1.29 is 47.8 Å². The molecule has 1 N–H and O–H groups in total. The number of carbonyl (C=O) groups is 1. The Kier molecular flexibility index (Phi) is 16.9. The van der Waals surface area contributed by atoms with E-state index < -0.39 is 11.4 Å². The van der Waals surface area contributed by atoms with Gasteiger partial charge in [-0.05, 0) is 83.8 Å². The van der Waals surface area contributed by atoms with Crippen LogP contribution in [0.4, 0.5) is 0 Å². The molecule has 302 valence electrons. The summed E-state index contributed by atoms with van der Waals surface area (Å²) in [7, 11) is 1.64. The summed E-state index contributed by atoms with van der Waals surface area (Å²) in [6.07, 6.45) is 0.810. The first-order valence-electron chi connectivity index (χ1n) is 19.7. The Labute approximate surface area is 331 Å². The van der Waals surface area contributed by atoms with E-state index in [1.54, 1.807) is 7.11 Å². The Bertz CT molecular complexity index is 1800. The first kappa shape index (κ1) is 43.0. The van der Waals surface area contributed by atoms with Crippen LogP contribution >= 0.6 is 0 Å². The molecule has 0 fully saturated rings. The van der Waals surface area contributed by atoms with Crippen molar-refractivity contribution in [2.75, 3.05) is 93.0 Å². The van der Waals surface area contributed by atoms with Crippen LogP contribution in [0.5, 0.6) is 5.75 Å². The van der Waals surface area contributed by atoms with Gasteiger partial charge in [-0.1, -0.05) is 78.7 Å². The smallest absolute Gasteiger partial charge is 0.341 e. The molecule has 56 heavy (non-hydrogen) atoms. The number of hydrogen-bond donors (Lipinski definition) is 1. The molecular formula is C46H58O10. The second-order valence-electron chi connectivity index (χ2n) is 13.7. The Morgan fingerprint density at radius 1 is 0.607 bits per heavy atom. The predicted octanol–water partition coefficient (Wildman–Crippen LogP) is 7.01. The van der Waals surface area contributed by atoms with E-state index in [2.05, 4.69) is 81.4 Å². The summed E-state index contributed by atoms with van der Waals surface area (Å²) < 4.78 is 45.0. The largest absolute Gasteiger partial charge is 0.490 e. The predicted molar refractivity (Wildman–Crippen MR) is 216 cm³/mol. The molecule has 0 bridgehead atoms. The van der Waals surface area contributed by atoms with Crippen molar-refractivity contribution in [2.45, 2.75) is 46.1 Å². The molecular weight excluding hydrogens is 712 g/mol. The highest BCUT2D eigenvalue weighted by Crippen LogP contribution is 2.57. The van der Waals surface area contributed by atoms with Crippen LogP contribution in [0.25, 0.3) is 11.1 Å². The molecule has 0 radical (unpaired) electrons. The molecule has 1 aliphatic carbocycles. The number of benzene rings is 4. The van der Waals surface area contributed by atoms with Crippen molar-refractivity contribution in [1.29, 1.82) is 0 Å². The van der Waals surface area contributed by atoms with E-state index in [-0.39, 0.29) is 19.8 Å². The van der Waals surface area contributed by atoms with Crippen molar-refractivity contribution in [3.05, 3.63) is 123 Å². The molecule has 0 spiro atoms. The Morgan fingerprint density at radius 3 is 1.75 bits per heavy atom. The molecule has 0 amide bonds. The summed E-state index contributed by atoms with van der Waals surface area (Å²) in [5.74, 6) is -0.0000645. The third-order valence-electron chi connectivity index (χ3n) is 9.90. The maximum Gasteiger partial charge on any atom is 0.341 e. The van der Waals surface area contributed by atoms with E-state index in [4.69, 9.17) is 43.0 Å². The minimum atomic E-state index is -0.746. The zero-order valence-corrected chi connectivity index (χ0v) is 33.7. The van der Waals surface area contributed by atoms with Gasteiger partial charge in [0.15, 0.2) is 0 Å². The van der Waals surface area contributed by atoms with Gasteiger partial charge in [0, 0.05) is 7.11 Å². The zero-order valence-electron chi connectivity index (χ0n) is 33.7. The molecule has 0 aliphatic heterocycles. The van der Waals surface area contributed by atoms with Gasteiger partial charge < -0.3 is 43.0 Å². The normalized spacial score (nSPS) is 12.8. The topological polar surface area (TPSA) is 111 Å². The number of methoxy groups -OCH3 is 1. The molecule has 5 rings (SSSR count). The fourth-order valence-electron chi connectivity index (χ4n) is 7.29. The minimum Gasteiger partial charge on any atom is -0.490 e. The number of aryl methyl sites for hydroxylation is 3. The second kappa shape index (κ2) is 22.0. The van der Waals surface area contributed by atoms with Gasteiger partial charge in [-0.15, -0.1) is 0 Å². The van der Waals surface area contributed by atoms with Crippen molar-refractivity contribution in [1.82, 2.24) is 0 Å². The summed E-state index contributed by atoms with van der Waals surface area (Å²) in [6, 6.07) is 26.0. The zero-order chi connectivity index (χ0) is 39.8. The van der Waals surface area contributed by atoms with Crippen molar-refractivity contribution >= 4 is 5.97 Å². The molecule has 10 nitrogen and oxygen atoms in total. The van der Waals surface area contributed by atoms with Crippen LogP contribution in [0.2, 0.25) is 0 Å². The lowest BCUT2D eigenvalue weighted by Crippen LogP contribution is -2.30. The average molecular weight is 771 g/mol. The number of aliphatic hydroxyl groups excluding tert-OH is 1. The standard InChI is InChI=1S/C46H58O10/c1-6-35-30-37(11-10-36(35)32-54-25-24-52-21-20-50-17-16-47)46(42-28-33(3)8-13-39(42)40-14-9-34(4)29-43(40)46)38-12-15-44(41(31-38)45(48)55-7-2)56-27-26-53-23-22-51-19-18-49-5/h8-15,28-31,47H,6-7,16-27,32H2,1-5H3. The van der Waals surface area contributed by atoms with Gasteiger partial charge in [0.05, 0.1) is 91.3 Å². The molecule has 10 heteroatoms. The fraction of sp³-hybridized carbons (Fsp3) is 0.457.